The topological polar surface area (TPSA) is 86.2 Å². The van der Waals surface area contributed by atoms with Crippen LogP contribution < -0.4 is 19.0 Å². The highest BCUT2D eigenvalue weighted by atomic mass is 79.9. The van der Waals surface area contributed by atoms with Crippen molar-refractivity contribution >= 4 is 32.2 Å². The van der Waals surface area contributed by atoms with Gasteiger partial charge in [-0.2, -0.15) is 13.5 Å². The van der Waals surface area contributed by atoms with Crippen LogP contribution in [0.1, 0.15) is 11.1 Å². The van der Waals surface area contributed by atoms with Crippen molar-refractivity contribution in [1.29, 1.82) is 0 Å². The van der Waals surface area contributed by atoms with Crippen molar-refractivity contribution in [2.24, 2.45) is 5.10 Å². The maximum absolute atomic E-state index is 12.3. The lowest BCUT2D eigenvalue weighted by molar-refractivity contribution is 0.296. The van der Waals surface area contributed by atoms with Crippen LogP contribution >= 0.6 is 15.9 Å². The molecule has 0 saturated carbocycles. The average molecular weight is 505 g/mol. The average Bonchev–Trinajstić information content (AvgIpc) is 2.78. The van der Waals surface area contributed by atoms with Gasteiger partial charge in [-0.15, -0.1) is 0 Å². The Hall–Kier alpha value is -3.04. The molecule has 0 aliphatic heterocycles. The second-order valence-electron chi connectivity index (χ2n) is 6.34. The Kier molecular flexibility index (Phi) is 7.54. The maximum Gasteiger partial charge on any atom is 0.276 e. The van der Waals surface area contributed by atoms with E-state index in [9.17, 15) is 8.42 Å². The summed E-state index contributed by atoms with van der Waals surface area (Å²) in [7, 11) is -0.571. The zero-order valence-electron chi connectivity index (χ0n) is 16.9. The van der Waals surface area contributed by atoms with E-state index in [0.29, 0.717) is 17.1 Å². The molecule has 0 atom stereocenters. The van der Waals surface area contributed by atoms with Gasteiger partial charge in [0.1, 0.15) is 23.9 Å². The second kappa shape index (κ2) is 10.3. The molecule has 31 heavy (non-hydrogen) atoms. The summed E-state index contributed by atoms with van der Waals surface area (Å²) in [6.07, 6.45) is 1.42. The Morgan fingerprint density at radius 1 is 0.935 bits per heavy atom. The lowest BCUT2D eigenvalue weighted by atomic mass is 10.1. The number of ether oxygens (including phenoxy) is 3. The van der Waals surface area contributed by atoms with Crippen LogP contribution in [-0.2, 0) is 16.6 Å². The van der Waals surface area contributed by atoms with Crippen LogP contribution in [0.15, 0.2) is 81.2 Å². The maximum atomic E-state index is 12.3. The van der Waals surface area contributed by atoms with E-state index in [0.717, 1.165) is 15.8 Å². The number of nitrogens with one attached hydrogen (secondary N) is 1. The van der Waals surface area contributed by atoms with Crippen molar-refractivity contribution in [3.05, 3.63) is 82.3 Å². The van der Waals surface area contributed by atoms with Crippen molar-refractivity contribution in [2.75, 3.05) is 14.2 Å². The van der Waals surface area contributed by atoms with E-state index in [2.05, 4.69) is 25.9 Å². The molecule has 3 aromatic carbocycles. The molecule has 0 radical (unpaired) electrons. The second-order valence-corrected chi connectivity index (χ2v) is 8.92. The molecule has 0 aliphatic rings. The third-order valence-electron chi connectivity index (χ3n) is 4.27. The van der Waals surface area contributed by atoms with Gasteiger partial charge in [0.25, 0.3) is 10.0 Å². The number of hydrazone groups is 1. The summed E-state index contributed by atoms with van der Waals surface area (Å²) in [4.78, 5) is 2.33. The predicted molar refractivity (Wildman–Crippen MR) is 122 cm³/mol. The van der Waals surface area contributed by atoms with Crippen LogP contribution in [0.25, 0.3) is 0 Å². The standard InChI is InChI=1S/C22H21BrN2O5S/c1-28-19-6-8-20(9-7-19)30-15-17-13-16(3-12-22(17)29-2)14-24-25-31(26,27)21-10-4-18(23)5-11-21/h3-14,25H,15H2,1-2H3. The van der Waals surface area contributed by atoms with Gasteiger partial charge < -0.3 is 14.2 Å². The first-order valence-corrected chi connectivity index (χ1v) is 11.4. The lowest BCUT2D eigenvalue weighted by Crippen LogP contribution is -2.18. The van der Waals surface area contributed by atoms with Crippen molar-refractivity contribution in [3.8, 4) is 17.2 Å². The van der Waals surface area contributed by atoms with Crippen LogP contribution in [0, 0.1) is 0 Å². The number of sulfonamides is 1. The molecule has 0 heterocycles. The van der Waals surface area contributed by atoms with Crippen molar-refractivity contribution in [1.82, 2.24) is 4.83 Å². The molecule has 0 spiro atoms. The Morgan fingerprint density at radius 2 is 1.61 bits per heavy atom. The minimum absolute atomic E-state index is 0.121. The van der Waals surface area contributed by atoms with Gasteiger partial charge in [-0.3, -0.25) is 0 Å². The first-order chi connectivity index (χ1) is 14.9. The molecule has 0 unspecified atom stereocenters. The van der Waals surface area contributed by atoms with Crippen LogP contribution in [-0.4, -0.2) is 28.9 Å². The Balaban J connectivity index is 1.69. The summed E-state index contributed by atoms with van der Waals surface area (Å²) in [5.41, 5.74) is 1.48. The molecule has 0 aromatic heterocycles. The zero-order chi connectivity index (χ0) is 22.3. The molecule has 0 amide bonds. The molecule has 0 bridgehead atoms. The van der Waals surface area contributed by atoms with E-state index in [1.807, 2.05) is 30.3 Å². The van der Waals surface area contributed by atoms with Gasteiger partial charge in [0.2, 0.25) is 0 Å². The highest BCUT2D eigenvalue weighted by molar-refractivity contribution is 9.10. The first-order valence-electron chi connectivity index (χ1n) is 9.15. The summed E-state index contributed by atoms with van der Waals surface area (Å²) < 4.78 is 41.8. The summed E-state index contributed by atoms with van der Waals surface area (Å²) in [6.45, 7) is 0.266. The monoisotopic (exact) mass is 504 g/mol. The smallest absolute Gasteiger partial charge is 0.276 e. The largest absolute Gasteiger partial charge is 0.497 e. The summed E-state index contributed by atoms with van der Waals surface area (Å²) >= 11 is 3.28. The SMILES string of the molecule is COc1ccc(OCc2cc(C=NNS(=O)(=O)c3ccc(Br)cc3)ccc2OC)cc1. The van der Waals surface area contributed by atoms with Crippen molar-refractivity contribution in [2.45, 2.75) is 11.5 Å². The molecule has 3 rings (SSSR count). The number of benzene rings is 3. The predicted octanol–water partition coefficient (Wildman–Crippen LogP) is 4.36. The van der Waals surface area contributed by atoms with Crippen LogP contribution in [0.2, 0.25) is 0 Å². The number of hydrogen-bond acceptors (Lipinski definition) is 6. The van der Waals surface area contributed by atoms with Crippen LogP contribution in [0.5, 0.6) is 17.2 Å². The molecule has 0 saturated heterocycles. The molecule has 0 aliphatic carbocycles. The Morgan fingerprint density at radius 3 is 2.26 bits per heavy atom. The molecular weight excluding hydrogens is 484 g/mol. The van der Waals surface area contributed by atoms with Crippen molar-refractivity contribution in [3.63, 3.8) is 0 Å². The molecule has 1 N–H and O–H groups in total. The Labute approximate surface area is 189 Å². The van der Waals surface area contributed by atoms with Gasteiger partial charge in [0.05, 0.1) is 25.3 Å². The number of hydrogen-bond donors (Lipinski definition) is 1. The molecular formula is C22H21BrN2O5S. The summed E-state index contributed by atoms with van der Waals surface area (Å²) in [5, 5.41) is 3.88. The molecule has 7 nitrogen and oxygen atoms in total. The van der Waals surface area contributed by atoms with E-state index in [1.165, 1.54) is 18.3 Å². The van der Waals surface area contributed by atoms with E-state index < -0.39 is 10.0 Å². The Bertz CT molecular complexity index is 1150. The third-order valence-corrected chi connectivity index (χ3v) is 6.04. The van der Waals surface area contributed by atoms with Crippen LogP contribution in [0.3, 0.4) is 0 Å². The van der Waals surface area contributed by atoms with E-state index in [-0.39, 0.29) is 11.5 Å². The third kappa shape index (κ3) is 6.22. The van der Waals surface area contributed by atoms with E-state index in [4.69, 9.17) is 14.2 Å². The van der Waals surface area contributed by atoms with Gasteiger partial charge in [-0.05, 0) is 72.3 Å². The van der Waals surface area contributed by atoms with Crippen molar-refractivity contribution < 1.29 is 22.6 Å². The lowest BCUT2D eigenvalue weighted by Gasteiger charge is -2.11. The van der Waals surface area contributed by atoms with E-state index in [1.54, 1.807) is 38.5 Å². The fraction of sp³-hybridized carbons (Fsp3) is 0.136. The number of rotatable bonds is 9. The summed E-state index contributed by atoms with van der Waals surface area (Å²) in [6, 6.07) is 18.9. The zero-order valence-corrected chi connectivity index (χ0v) is 19.3. The normalized spacial score (nSPS) is 11.3. The van der Waals surface area contributed by atoms with Gasteiger partial charge in [-0.25, -0.2) is 4.83 Å². The van der Waals surface area contributed by atoms with Gasteiger partial charge in [0.15, 0.2) is 0 Å². The molecule has 0 fully saturated rings. The van der Waals surface area contributed by atoms with Gasteiger partial charge >= 0.3 is 0 Å². The van der Waals surface area contributed by atoms with Crippen LogP contribution in [0.4, 0.5) is 0 Å². The fourth-order valence-electron chi connectivity index (χ4n) is 2.66. The molecule has 162 valence electrons. The minimum Gasteiger partial charge on any atom is -0.497 e. The number of methoxy groups -OCH3 is 2. The highest BCUT2D eigenvalue weighted by Gasteiger charge is 2.12. The summed E-state index contributed by atoms with van der Waals surface area (Å²) in [5.74, 6) is 2.08. The minimum atomic E-state index is -3.75. The van der Waals surface area contributed by atoms with E-state index >= 15 is 0 Å². The molecule has 9 heteroatoms. The quantitative estimate of drug-likeness (QED) is 0.345. The van der Waals surface area contributed by atoms with Gasteiger partial charge in [0, 0.05) is 10.0 Å². The first kappa shape index (κ1) is 22.6. The fourth-order valence-corrected chi connectivity index (χ4v) is 3.72. The molecule has 3 aromatic rings. The number of nitrogens with zero attached hydrogens (tertiary/aromatic N) is 1. The number of halogens is 1. The highest BCUT2D eigenvalue weighted by Crippen LogP contribution is 2.23. The van der Waals surface area contributed by atoms with Gasteiger partial charge in [-0.1, -0.05) is 15.9 Å².